The minimum absolute atomic E-state index is 0.0161. The lowest BCUT2D eigenvalue weighted by molar-refractivity contribution is -0.136. The van der Waals surface area contributed by atoms with Gasteiger partial charge in [0, 0.05) is 43.5 Å². The number of unbranched alkanes of at least 4 members (excludes halogenated alkanes) is 2. The van der Waals surface area contributed by atoms with Gasteiger partial charge in [-0.15, -0.1) is 0 Å². The van der Waals surface area contributed by atoms with E-state index >= 15 is 0 Å². The third-order valence-corrected chi connectivity index (χ3v) is 14.0. The van der Waals surface area contributed by atoms with Crippen molar-refractivity contribution in [2.45, 2.75) is 50.8 Å². The first kappa shape index (κ1) is 66.6. The molecule has 4 aromatic rings. The highest BCUT2D eigenvalue weighted by molar-refractivity contribution is 7.89. The van der Waals surface area contributed by atoms with Crippen molar-refractivity contribution in [1.29, 1.82) is 0 Å². The summed E-state index contributed by atoms with van der Waals surface area (Å²) in [5.74, 6) is -8.20. The van der Waals surface area contributed by atoms with Crippen LogP contribution in [0, 0.1) is 29.2 Å². The van der Waals surface area contributed by atoms with Gasteiger partial charge in [-0.3, -0.25) is 9.79 Å². The Balaban J connectivity index is 0.752. The van der Waals surface area contributed by atoms with Gasteiger partial charge in [0.25, 0.3) is 0 Å². The van der Waals surface area contributed by atoms with E-state index in [0.29, 0.717) is 150 Å². The summed E-state index contributed by atoms with van der Waals surface area (Å²) in [6, 6.07) is 15.2. The first-order chi connectivity index (χ1) is 39.4. The number of guanidine groups is 1. The molecule has 2 heterocycles. The number of sulfonamides is 1. The monoisotopic (exact) mass is 1170 g/mol. The quantitative estimate of drug-likeness (QED) is 0.00863. The molecule has 1 aliphatic rings. The average Bonchev–Trinajstić information content (AvgIpc) is 3.63. The molecule has 0 spiro atoms. The van der Waals surface area contributed by atoms with Gasteiger partial charge in [-0.1, -0.05) is 44.0 Å². The first-order valence-corrected chi connectivity index (χ1v) is 29.0. The van der Waals surface area contributed by atoms with E-state index in [1.807, 2.05) is 31.2 Å². The highest BCUT2D eigenvalue weighted by Crippen LogP contribution is 2.31. The Morgan fingerprint density at radius 3 is 1.67 bits per heavy atom. The highest BCUT2D eigenvalue weighted by Gasteiger charge is 2.37. The van der Waals surface area contributed by atoms with E-state index in [0.717, 1.165) is 53.3 Å². The van der Waals surface area contributed by atoms with Crippen LogP contribution in [0.3, 0.4) is 0 Å². The third-order valence-electron chi connectivity index (χ3n) is 12.2. The van der Waals surface area contributed by atoms with E-state index in [9.17, 15) is 30.8 Å². The molecule has 3 aromatic carbocycles. The normalized spacial score (nSPS) is 13.3. The lowest BCUT2D eigenvalue weighted by Crippen LogP contribution is -2.54. The third kappa shape index (κ3) is 24.7. The van der Waals surface area contributed by atoms with Crippen molar-refractivity contribution in [3.8, 4) is 16.9 Å². The van der Waals surface area contributed by atoms with Gasteiger partial charge in [-0.05, 0) is 60.7 Å². The number of nitrogen functional groups attached to an aromatic ring is 1. The van der Waals surface area contributed by atoms with E-state index in [2.05, 4.69) is 38.3 Å². The second kappa shape index (κ2) is 38.6. The number of carbonyl (C=O) groups is 1. The van der Waals surface area contributed by atoms with Gasteiger partial charge >= 0.3 is 5.97 Å². The van der Waals surface area contributed by atoms with Gasteiger partial charge in [0.15, 0.2) is 17.6 Å². The molecule has 0 amide bonds. The minimum atomic E-state index is -3.68. The summed E-state index contributed by atoms with van der Waals surface area (Å²) in [6.07, 6.45) is 3.86. The smallest absolute Gasteiger partial charge is 0.313 e. The average molecular weight is 1170 g/mol. The van der Waals surface area contributed by atoms with Gasteiger partial charge in [-0.25, -0.2) is 22.2 Å². The number of ether oxygens (including phenoxy) is 11. The van der Waals surface area contributed by atoms with Crippen molar-refractivity contribution in [3.63, 3.8) is 0 Å². The summed E-state index contributed by atoms with van der Waals surface area (Å²) >= 11 is 0. The van der Waals surface area contributed by atoms with Crippen LogP contribution < -0.4 is 21.1 Å². The van der Waals surface area contributed by atoms with Gasteiger partial charge in [0.1, 0.15) is 5.82 Å². The number of aliphatic imine (C=N–C) groups is 1. The molecule has 0 bridgehead atoms. The predicted octanol–water partition coefficient (Wildman–Crippen LogP) is 6.11. The molecule has 20 nitrogen and oxygen atoms in total. The van der Waals surface area contributed by atoms with E-state index in [4.69, 9.17) is 53.1 Å². The lowest BCUT2D eigenvalue weighted by Gasteiger charge is -2.38. The first-order valence-electron chi connectivity index (χ1n) is 27.5. The van der Waals surface area contributed by atoms with Crippen LogP contribution in [0.25, 0.3) is 22.0 Å². The van der Waals surface area contributed by atoms with Crippen molar-refractivity contribution in [2.24, 2.45) is 10.9 Å². The summed E-state index contributed by atoms with van der Waals surface area (Å²) in [5.41, 5.74) is 9.84. The van der Waals surface area contributed by atoms with Crippen LogP contribution >= 0.6 is 0 Å². The summed E-state index contributed by atoms with van der Waals surface area (Å²) in [6.45, 7) is 13.7. The Kier molecular flexibility index (Phi) is 31.7. The van der Waals surface area contributed by atoms with Crippen LogP contribution in [0.15, 0.2) is 64.5 Å². The Morgan fingerprint density at radius 1 is 0.642 bits per heavy atom. The molecule has 1 saturated heterocycles. The molecule has 81 heavy (non-hydrogen) atoms. The number of benzene rings is 3. The maximum Gasteiger partial charge on any atom is 0.313 e. The zero-order valence-corrected chi connectivity index (χ0v) is 47.4. The number of aryl methyl sites for hydroxylation is 1. The van der Waals surface area contributed by atoms with Crippen LogP contribution in [0.2, 0.25) is 0 Å². The van der Waals surface area contributed by atoms with Crippen LogP contribution in [0.4, 0.5) is 23.4 Å². The molecular weight excluding hydrogens is 1090 g/mol. The lowest BCUT2D eigenvalue weighted by atomic mass is 10.0. The molecule has 5 rings (SSSR count). The molecule has 0 atom stereocenters. The number of hydrogen-bond donors (Lipinski definition) is 3. The Bertz CT molecular complexity index is 2580. The number of nitrogens with zero attached hydrogens (tertiary/aromatic N) is 3. The van der Waals surface area contributed by atoms with Crippen molar-refractivity contribution in [3.05, 3.63) is 83.4 Å². The molecule has 0 unspecified atom stereocenters. The molecule has 1 aromatic heterocycles. The number of rotatable bonds is 44. The molecule has 25 heteroatoms. The molecule has 0 radical (unpaired) electrons. The number of nitrogens with two attached hydrogens (primary N) is 1. The fraction of sp³-hybridized carbons (Fsp3) is 0.589. The summed E-state index contributed by atoms with van der Waals surface area (Å²) < 4.78 is 142. The van der Waals surface area contributed by atoms with E-state index in [1.165, 1.54) is 4.31 Å². The van der Waals surface area contributed by atoms with Gasteiger partial charge in [-0.2, -0.15) is 13.1 Å². The van der Waals surface area contributed by atoms with Crippen molar-refractivity contribution in [2.75, 3.05) is 171 Å². The van der Waals surface area contributed by atoms with E-state index < -0.39 is 51.4 Å². The molecule has 0 aliphatic carbocycles. The Labute approximate surface area is 472 Å². The number of carbonyl (C=O) groups excluding carboxylic acids is 1. The van der Waals surface area contributed by atoms with E-state index in [-0.39, 0.29) is 43.3 Å². The number of aromatic nitrogens is 1. The Hall–Kier alpha value is -5.16. The molecule has 4 N–H and O–H groups in total. The maximum atomic E-state index is 13.7. The zero-order valence-electron chi connectivity index (χ0n) is 46.5. The topological polar surface area (TPSA) is 231 Å². The van der Waals surface area contributed by atoms with Gasteiger partial charge in [0.05, 0.1) is 156 Å². The van der Waals surface area contributed by atoms with Crippen molar-refractivity contribution >= 4 is 38.7 Å². The fourth-order valence-electron chi connectivity index (χ4n) is 7.85. The number of fused-ring (bicyclic) bond motifs is 1. The number of esters is 1. The number of pyridine rings is 1. The standard InChI is InChI=1S/C56H80F4N6O14S/c1-3-5-6-8-46-35-45-12-11-44(37-50(45)65-55(46)61)43-9-7-10-47(36-43)81(68,69)66-40-42(41-66)39-64-56(62-4-2)63-14-16-71-18-20-73-22-24-75-26-28-77-30-32-79-34-33-78-31-29-76-27-25-74-23-21-72-19-17-70-15-13-51(67)80-54-52(59)48(57)38-49(58)53(54)60/h7,9-12,35-38,42H,3-6,8,13-34,39-41H2,1-2H3,(H2,61,65)(H2,62,63,64). The van der Waals surface area contributed by atoms with E-state index in [1.54, 1.807) is 18.2 Å². The minimum Gasteiger partial charge on any atom is -0.420 e. The molecule has 1 fully saturated rings. The molecule has 1 aliphatic heterocycles. The highest BCUT2D eigenvalue weighted by atomic mass is 32.2. The van der Waals surface area contributed by atoms with Crippen LogP contribution in [-0.2, 0) is 68.6 Å². The summed E-state index contributed by atoms with van der Waals surface area (Å²) in [7, 11) is -3.68. The molecule has 0 saturated carbocycles. The largest absolute Gasteiger partial charge is 0.420 e. The summed E-state index contributed by atoms with van der Waals surface area (Å²) in [4.78, 5) is 21.3. The maximum absolute atomic E-state index is 13.7. The number of halogens is 4. The zero-order chi connectivity index (χ0) is 57.9. The number of anilines is 1. The van der Waals surface area contributed by atoms with Crippen LogP contribution in [-0.4, -0.2) is 194 Å². The van der Waals surface area contributed by atoms with Crippen LogP contribution in [0.1, 0.15) is 45.1 Å². The number of hydrogen-bond acceptors (Lipinski definition) is 17. The second-order valence-corrected chi connectivity index (χ2v) is 20.3. The Morgan fingerprint density at radius 2 is 1.15 bits per heavy atom. The second-order valence-electron chi connectivity index (χ2n) is 18.4. The van der Waals surface area contributed by atoms with Gasteiger partial charge < -0.3 is 68.5 Å². The molecular formula is C56H80F4N6O14S. The van der Waals surface area contributed by atoms with Crippen LogP contribution in [0.5, 0.6) is 5.75 Å². The van der Waals surface area contributed by atoms with Crippen molar-refractivity contribution in [1.82, 2.24) is 19.9 Å². The number of nitrogens with one attached hydrogen (secondary N) is 2. The summed E-state index contributed by atoms with van der Waals surface area (Å²) in [5, 5.41) is 7.58. The fourth-order valence-corrected chi connectivity index (χ4v) is 9.49. The molecule has 452 valence electrons. The van der Waals surface area contributed by atoms with Crippen molar-refractivity contribution < 1.29 is 82.9 Å². The van der Waals surface area contributed by atoms with Gasteiger partial charge in [0.2, 0.25) is 27.4 Å². The SMILES string of the molecule is CCCCCc1cc2ccc(-c3cccc(S(=O)(=O)N4CC(CN/C(=N\CCOCCOCCOCCOCCOCCOCCOCCOCCOCCOCCC(=O)Oc5c(F)c(F)cc(F)c5F)NCC)C4)c3)cc2nc1N. The predicted molar refractivity (Wildman–Crippen MR) is 296 cm³/mol.